The Labute approximate surface area is 116 Å². The maximum atomic E-state index is 13.7. The minimum absolute atomic E-state index is 0.0840. The van der Waals surface area contributed by atoms with E-state index in [2.05, 4.69) is 15.5 Å². The lowest BCUT2D eigenvalue weighted by Crippen LogP contribution is -2.17. The van der Waals surface area contributed by atoms with Gasteiger partial charge in [-0.1, -0.05) is 6.92 Å². The molecule has 1 aromatic heterocycles. The van der Waals surface area contributed by atoms with Gasteiger partial charge in [-0.05, 0) is 37.6 Å². The van der Waals surface area contributed by atoms with Crippen LogP contribution in [0.15, 0.2) is 24.3 Å². The number of nitrogens with two attached hydrogens (primary N) is 1. The normalized spacial score (nSPS) is 10.3. The van der Waals surface area contributed by atoms with Gasteiger partial charge >= 0.3 is 0 Å². The zero-order valence-electron chi connectivity index (χ0n) is 11.3. The number of hydrogen-bond donors (Lipinski definition) is 2. The highest BCUT2D eigenvalue weighted by Crippen LogP contribution is 2.18. The number of carbonyl (C=O) groups is 1. The van der Waals surface area contributed by atoms with Crippen molar-refractivity contribution < 1.29 is 9.18 Å². The van der Waals surface area contributed by atoms with E-state index in [0.29, 0.717) is 29.1 Å². The second-order valence-electron chi connectivity index (χ2n) is 4.39. The van der Waals surface area contributed by atoms with Crippen LogP contribution in [-0.4, -0.2) is 16.1 Å². The van der Waals surface area contributed by atoms with Gasteiger partial charge in [0.2, 0.25) is 0 Å². The fourth-order valence-electron chi connectivity index (χ4n) is 1.79. The van der Waals surface area contributed by atoms with Gasteiger partial charge in [-0.3, -0.25) is 4.79 Å². The number of nitrogens with zero attached hydrogens (tertiary/aromatic N) is 2. The third-order valence-electron chi connectivity index (χ3n) is 2.81. The Kier molecular flexibility index (Phi) is 3.93. The van der Waals surface area contributed by atoms with Crippen LogP contribution in [0.25, 0.3) is 0 Å². The average Bonchev–Trinajstić information content (AvgIpc) is 2.41. The van der Waals surface area contributed by atoms with Crippen molar-refractivity contribution in [2.45, 2.75) is 20.3 Å². The first-order chi connectivity index (χ1) is 9.51. The average molecular weight is 274 g/mol. The molecule has 2 aromatic rings. The number of nitrogen functional groups attached to an aromatic ring is 1. The van der Waals surface area contributed by atoms with E-state index in [-0.39, 0.29) is 5.69 Å². The predicted molar refractivity (Wildman–Crippen MR) is 74.9 cm³/mol. The van der Waals surface area contributed by atoms with Crippen LogP contribution in [0.2, 0.25) is 0 Å². The van der Waals surface area contributed by atoms with Crippen molar-refractivity contribution in [3.63, 3.8) is 0 Å². The third kappa shape index (κ3) is 2.90. The van der Waals surface area contributed by atoms with Gasteiger partial charge in [0.05, 0.1) is 22.6 Å². The van der Waals surface area contributed by atoms with Crippen LogP contribution in [0.1, 0.15) is 28.7 Å². The summed E-state index contributed by atoms with van der Waals surface area (Å²) in [5, 5.41) is 10.4. The van der Waals surface area contributed by atoms with Crippen molar-refractivity contribution >= 4 is 17.3 Å². The highest BCUT2D eigenvalue weighted by atomic mass is 19.1. The molecule has 5 nitrogen and oxygen atoms in total. The quantitative estimate of drug-likeness (QED) is 0.842. The number of anilines is 2. The van der Waals surface area contributed by atoms with Crippen molar-refractivity contribution in [1.82, 2.24) is 10.2 Å². The molecule has 1 aromatic carbocycles. The van der Waals surface area contributed by atoms with Gasteiger partial charge in [-0.25, -0.2) is 4.39 Å². The largest absolute Gasteiger partial charge is 0.399 e. The molecule has 20 heavy (non-hydrogen) atoms. The van der Waals surface area contributed by atoms with Crippen LogP contribution >= 0.6 is 0 Å². The highest BCUT2D eigenvalue weighted by molar-refractivity contribution is 6.05. The van der Waals surface area contributed by atoms with Gasteiger partial charge in [0, 0.05) is 5.69 Å². The zero-order chi connectivity index (χ0) is 14.7. The van der Waals surface area contributed by atoms with Crippen molar-refractivity contribution in [1.29, 1.82) is 0 Å². The van der Waals surface area contributed by atoms with Crippen molar-refractivity contribution in [3.8, 4) is 0 Å². The van der Waals surface area contributed by atoms with Gasteiger partial charge in [0.15, 0.2) is 0 Å². The predicted octanol–water partition coefficient (Wildman–Crippen LogP) is 2.32. The van der Waals surface area contributed by atoms with Crippen LogP contribution < -0.4 is 11.1 Å². The summed E-state index contributed by atoms with van der Waals surface area (Å²) in [6.07, 6.45) is 0.570. The molecule has 0 fully saturated rings. The lowest BCUT2D eigenvalue weighted by atomic mass is 10.1. The number of hydrogen-bond acceptors (Lipinski definition) is 4. The minimum atomic E-state index is -0.574. The zero-order valence-corrected chi connectivity index (χ0v) is 11.3. The van der Waals surface area contributed by atoms with E-state index in [1.807, 2.05) is 6.92 Å². The van der Waals surface area contributed by atoms with E-state index < -0.39 is 11.7 Å². The number of aromatic nitrogens is 2. The summed E-state index contributed by atoms with van der Waals surface area (Å²) in [7, 11) is 0. The van der Waals surface area contributed by atoms with Gasteiger partial charge in [0.1, 0.15) is 5.82 Å². The summed E-state index contributed by atoms with van der Waals surface area (Å²) in [5.41, 5.74) is 7.45. The van der Waals surface area contributed by atoms with Crippen LogP contribution in [0.3, 0.4) is 0 Å². The third-order valence-corrected chi connectivity index (χ3v) is 2.81. The van der Waals surface area contributed by atoms with E-state index in [1.165, 1.54) is 12.1 Å². The number of benzene rings is 1. The van der Waals surface area contributed by atoms with Crippen LogP contribution in [0.5, 0.6) is 0 Å². The number of nitrogens with one attached hydrogen (secondary N) is 1. The molecule has 0 radical (unpaired) electrons. The molecule has 0 saturated heterocycles. The molecule has 0 saturated carbocycles. The molecule has 0 aliphatic heterocycles. The molecule has 104 valence electrons. The second kappa shape index (κ2) is 5.64. The summed E-state index contributed by atoms with van der Waals surface area (Å²) in [4.78, 5) is 12.2. The fourth-order valence-corrected chi connectivity index (χ4v) is 1.79. The molecular formula is C14H15FN4O. The SMILES string of the molecule is CCc1nnc(C)cc1C(=O)Nc1ccc(N)cc1F. The van der Waals surface area contributed by atoms with E-state index in [4.69, 9.17) is 5.73 Å². The molecule has 3 N–H and O–H groups in total. The summed E-state index contributed by atoms with van der Waals surface area (Å²) < 4.78 is 13.7. The Bertz CT molecular complexity index is 658. The maximum absolute atomic E-state index is 13.7. The molecule has 0 atom stereocenters. The molecular weight excluding hydrogens is 259 g/mol. The van der Waals surface area contributed by atoms with E-state index in [9.17, 15) is 9.18 Å². The molecule has 2 rings (SSSR count). The van der Waals surface area contributed by atoms with Crippen molar-refractivity contribution in [3.05, 3.63) is 47.0 Å². The number of rotatable bonds is 3. The minimum Gasteiger partial charge on any atom is -0.399 e. The fraction of sp³-hybridized carbons (Fsp3) is 0.214. The van der Waals surface area contributed by atoms with E-state index >= 15 is 0 Å². The Morgan fingerprint density at radius 2 is 2.10 bits per heavy atom. The van der Waals surface area contributed by atoms with Crippen LogP contribution in [0.4, 0.5) is 15.8 Å². The molecule has 0 aliphatic rings. The van der Waals surface area contributed by atoms with E-state index in [1.54, 1.807) is 13.0 Å². The number of carbonyl (C=O) groups excluding carboxylic acids is 1. The number of aryl methyl sites for hydroxylation is 2. The standard InChI is InChI=1S/C14H15FN4O/c1-3-12-10(6-8(2)18-19-12)14(20)17-13-5-4-9(16)7-11(13)15/h4-7H,3,16H2,1-2H3,(H,17,20). The lowest BCUT2D eigenvalue weighted by Gasteiger charge is -2.09. The van der Waals surface area contributed by atoms with Gasteiger partial charge < -0.3 is 11.1 Å². The molecule has 6 heteroatoms. The molecule has 1 heterocycles. The first-order valence-electron chi connectivity index (χ1n) is 6.21. The molecule has 0 aliphatic carbocycles. The first kappa shape index (κ1) is 13.9. The van der Waals surface area contributed by atoms with Crippen molar-refractivity contribution in [2.75, 3.05) is 11.1 Å². The van der Waals surface area contributed by atoms with Gasteiger partial charge in [-0.2, -0.15) is 10.2 Å². The number of halogens is 1. The molecule has 0 unspecified atom stereocenters. The Balaban J connectivity index is 2.30. The second-order valence-corrected chi connectivity index (χ2v) is 4.39. The Morgan fingerprint density at radius 1 is 1.35 bits per heavy atom. The van der Waals surface area contributed by atoms with Gasteiger partial charge in [0.25, 0.3) is 5.91 Å². The topological polar surface area (TPSA) is 80.9 Å². The summed E-state index contributed by atoms with van der Waals surface area (Å²) in [6, 6.07) is 5.74. The Morgan fingerprint density at radius 3 is 2.75 bits per heavy atom. The van der Waals surface area contributed by atoms with E-state index in [0.717, 1.165) is 6.07 Å². The summed E-state index contributed by atoms with van der Waals surface area (Å²) >= 11 is 0. The summed E-state index contributed by atoms with van der Waals surface area (Å²) in [6.45, 7) is 3.62. The highest BCUT2D eigenvalue weighted by Gasteiger charge is 2.14. The molecule has 0 bridgehead atoms. The smallest absolute Gasteiger partial charge is 0.257 e. The van der Waals surface area contributed by atoms with Crippen molar-refractivity contribution in [2.24, 2.45) is 0 Å². The Hall–Kier alpha value is -2.50. The summed E-state index contributed by atoms with van der Waals surface area (Å²) in [5.74, 6) is -0.987. The molecule has 1 amide bonds. The maximum Gasteiger partial charge on any atom is 0.257 e. The van der Waals surface area contributed by atoms with Crippen LogP contribution in [-0.2, 0) is 6.42 Å². The lowest BCUT2D eigenvalue weighted by molar-refractivity contribution is 0.102. The first-order valence-corrected chi connectivity index (χ1v) is 6.21. The molecule has 0 spiro atoms. The van der Waals surface area contributed by atoms with Crippen LogP contribution in [0, 0.1) is 12.7 Å². The number of amides is 1. The van der Waals surface area contributed by atoms with Gasteiger partial charge in [-0.15, -0.1) is 0 Å². The monoisotopic (exact) mass is 274 g/mol.